The van der Waals surface area contributed by atoms with Crippen molar-refractivity contribution in [2.24, 2.45) is 0 Å². The van der Waals surface area contributed by atoms with E-state index in [-0.39, 0.29) is 30.4 Å². The molecular weight excluding hydrogens is 270 g/mol. The molecule has 7 nitrogen and oxygen atoms in total. The summed E-state index contributed by atoms with van der Waals surface area (Å²) in [5, 5.41) is -0.445. The Kier molecular flexibility index (Phi) is 3.79. The molecule has 0 radical (unpaired) electrons. The Bertz CT molecular complexity index is 579. The average Bonchev–Trinajstić information content (AvgIpc) is 2.85. The van der Waals surface area contributed by atoms with Crippen molar-refractivity contribution in [2.75, 3.05) is 18.1 Å². The third-order valence-corrected chi connectivity index (χ3v) is 5.47. The van der Waals surface area contributed by atoms with E-state index in [9.17, 15) is 13.2 Å². The van der Waals surface area contributed by atoms with Crippen LogP contribution in [-0.4, -0.2) is 41.5 Å². The first-order valence-corrected chi connectivity index (χ1v) is 7.86. The van der Waals surface area contributed by atoms with E-state index in [2.05, 4.69) is 4.98 Å². The van der Waals surface area contributed by atoms with Gasteiger partial charge in [-0.1, -0.05) is 0 Å². The molecule has 19 heavy (non-hydrogen) atoms. The summed E-state index contributed by atoms with van der Waals surface area (Å²) in [6, 6.07) is 0. The lowest BCUT2D eigenvalue weighted by Gasteiger charge is -2.11. The molecule has 2 N–H and O–H groups in total. The van der Waals surface area contributed by atoms with Crippen LogP contribution >= 0.6 is 0 Å². The molecule has 1 aromatic heterocycles. The molecule has 0 bridgehead atoms. The van der Waals surface area contributed by atoms with Crippen LogP contribution in [0.1, 0.15) is 30.3 Å². The lowest BCUT2D eigenvalue weighted by atomic mass is 10.2. The summed E-state index contributed by atoms with van der Waals surface area (Å²) in [4.78, 5) is 15.4. The Balaban J connectivity index is 2.17. The molecule has 1 atom stereocenters. The number of aromatic nitrogens is 2. The molecule has 0 aliphatic carbocycles. The fraction of sp³-hybridized carbons (Fsp3) is 0.636. The minimum absolute atomic E-state index is 0.0391. The van der Waals surface area contributed by atoms with Gasteiger partial charge in [-0.15, -0.1) is 0 Å². The van der Waals surface area contributed by atoms with Crippen molar-refractivity contribution in [1.82, 2.24) is 9.55 Å². The van der Waals surface area contributed by atoms with Crippen LogP contribution in [0.5, 0.6) is 0 Å². The molecule has 2 heterocycles. The van der Waals surface area contributed by atoms with E-state index < -0.39 is 21.1 Å². The zero-order chi connectivity index (χ0) is 14.0. The quantitative estimate of drug-likeness (QED) is 0.794. The maximum atomic E-state index is 11.8. The number of imidazole rings is 1. The van der Waals surface area contributed by atoms with Gasteiger partial charge in [0.25, 0.3) is 0 Å². The van der Waals surface area contributed by atoms with Gasteiger partial charge >= 0.3 is 5.97 Å². The summed E-state index contributed by atoms with van der Waals surface area (Å²) < 4.78 is 29.8. The predicted octanol–water partition coefficient (Wildman–Crippen LogP) is 0.219. The lowest BCUT2D eigenvalue weighted by molar-refractivity contribution is 0.0521. The number of rotatable bonds is 4. The normalized spacial score (nSPS) is 21.4. The van der Waals surface area contributed by atoms with Crippen LogP contribution in [0.15, 0.2) is 6.33 Å². The van der Waals surface area contributed by atoms with E-state index in [1.54, 1.807) is 6.92 Å². The smallest absolute Gasteiger partial charge is 0.360 e. The van der Waals surface area contributed by atoms with Crippen molar-refractivity contribution >= 4 is 21.6 Å². The average molecular weight is 287 g/mol. The van der Waals surface area contributed by atoms with Crippen LogP contribution in [0.25, 0.3) is 0 Å². The Hall–Kier alpha value is -1.57. The van der Waals surface area contributed by atoms with Gasteiger partial charge in [-0.05, 0) is 19.8 Å². The molecule has 1 unspecified atom stereocenters. The third-order valence-electron chi connectivity index (χ3n) is 3.21. The van der Waals surface area contributed by atoms with Crippen molar-refractivity contribution < 1.29 is 17.9 Å². The van der Waals surface area contributed by atoms with Crippen molar-refractivity contribution in [3.05, 3.63) is 12.0 Å². The van der Waals surface area contributed by atoms with Gasteiger partial charge in [-0.2, -0.15) is 0 Å². The Morgan fingerprint density at radius 1 is 1.63 bits per heavy atom. The second kappa shape index (κ2) is 5.20. The van der Waals surface area contributed by atoms with E-state index in [0.29, 0.717) is 12.8 Å². The van der Waals surface area contributed by atoms with Crippen molar-refractivity contribution in [3.63, 3.8) is 0 Å². The van der Waals surface area contributed by atoms with Crippen LogP contribution in [-0.2, 0) is 21.1 Å². The summed E-state index contributed by atoms with van der Waals surface area (Å²) in [5.74, 6) is -0.217. The number of nitrogens with zero attached hydrogens (tertiary/aromatic N) is 2. The Morgan fingerprint density at radius 2 is 2.37 bits per heavy atom. The molecule has 0 aromatic carbocycles. The summed E-state index contributed by atoms with van der Waals surface area (Å²) in [6.07, 6.45) is 2.68. The van der Waals surface area contributed by atoms with Gasteiger partial charge in [0.15, 0.2) is 15.5 Å². The number of anilines is 1. The second-order valence-corrected chi connectivity index (χ2v) is 6.88. The number of nitrogen functional groups attached to an aromatic ring is 1. The number of hydrogen-bond acceptors (Lipinski definition) is 6. The molecule has 1 aliphatic heterocycles. The first-order valence-electron chi connectivity index (χ1n) is 6.15. The minimum Gasteiger partial charge on any atom is -0.461 e. The predicted molar refractivity (Wildman–Crippen MR) is 69.4 cm³/mol. The Morgan fingerprint density at radius 3 is 2.95 bits per heavy atom. The first-order chi connectivity index (χ1) is 8.95. The fourth-order valence-electron chi connectivity index (χ4n) is 2.18. The molecule has 0 amide bonds. The summed E-state index contributed by atoms with van der Waals surface area (Å²) >= 11 is 0. The van der Waals surface area contributed by atoms with Crippen molar-refractivity contribution in [2.45, 2.75) is 31.6 Å². The Labute approximate surface area is 111 Å². The molecule has 1 aliphatic rings. The zero-order valence-electron chi connectivity index (χ0n) is 10.7. The van der Waals surface area contributed by atoms with E-state index >= 15 is 0 Å². The van der Waals surface area contributed by atoms with Crippen LogP contribution in [0.4, 0.5) is 5.82 Å². The third kappa shape index (κ3) is 2.73. The number of nitrogens with two attached hydrogens (primary N) is 1. The zero-order valence-corrected chi connectivity index (χ0v) is 11.5. The van der Waals surface area contributed by atoms with E-state index in [1.165, 1.54) is 10.9 Å². The van der Waals surface area contributed by atoms with Crippen LogP contribution in [0.3, 0.4) is 0 Å². The molecule has 106 valence electrons. The maximum Gasteiger partial charge on any atom is 0.360 e. The summed E-state index contributed by atoms with van der Waals surface area (Å²) in [6.45, 7) is 2.17. The lowest BCUT2D eigenvalue weighted by Crippen LogP contribution is -2.23. The highest BCUT2D eigenvalue weighted by Crippen LogP contribution is 2.23. The standard InChI is InChI=1S/C11H17N3O4S/c1-2-18-11(15)9-10(12)14(7-13-9)6-8-4-3-5-19(8,16)17/h7-8H,2-6,12H2,1H3. The van der Waals surface area contributed by atoms with E-state index in [4.69, 9.17) is 10.5 Å². The molecule has 1 saturated heterocycles. The van der Waals surface area contributed by atoms with Gasteiger partial charge in [0.05, 0.1) is 23.9 Å². The largest absolute Gasteiger partial charge is 0.461 e. The number of carbonyl (C=O) groups is 1. The maximum absolute atomic E-state index is 11.8. The number of esters is 1. The van der Waals surface area contributed by atoms with Gasteiger partial charge < -0.3 is 15.0 Å². The van der Waals surface area contributed by atoms with Gasteiger partial charge in [-0.25, -0.2) is 18.2 Å². The minimum atomic E-state index is -3.04. The highest BCUT2D eigenvalue weighted by molar-refractivity contribution is 7.92. The molecule has 1 fully saturated rings. The van der Waals surface area contributed by atoms with Gasteiger partial charge in [0.2, 0.25) is 0 Å². The van der Waals surface area contributed by atoms with Crippen molar-refractivity contribution in [1.29, 1.82) is 0 Å². The number of hydrogen-bond donors (Lipinski definition) is 1. The highest BCUT2D eigenvalue weighted by Gasteiger charge is 2.32. The highest BCUT2D eigenvalue weighted by atomic mass is 32.2. The monoisotopic (exact) mass is 287 g/mol. The number of carbonyl (C=O) groups excluding carboxylic acids is 1. The van der Waals surface area contributed by atoms with Gasteiger partial charge in [-0.3, -0.25) is 0 Å². The molecular formula is C11H17N3O4S. The van der Waals surface area contributed by atoms with Crippen LogP contribution < -0.4 is 5.73 Å². The van der Waals surface area contributed by atoms with Crippen LogP contribution in [0, 0.1) is 0 Å². The van der Waals surface area contributed by atoms with E-state index in [1.807, 2.05) is 0 Å². The number of sulfone groups is 1. The van der Waals surface area contributed by atoms with Crippen LogP contribution in [0.2, 0.25) is 0 Å². The molecule has 8 heteroatoms. The first kappa shape index (κ1) is 13.9. The topological polar surface area (TPSA) is 104 Å². The SMILES string of the molecule is CCOC(=O)c1ncn(CC2CCCS2(=O)=O)c1N. The van der Waals surface area contributed by atoms with Gasteiger partial charge in [0, 0.05) is 6.54 Å². The molecule has 0 saturated carbocycles. The summed E-state index contributed by atoms with van der Waals surface area (Å²) in [7, 11) is -3.04. The molecule has 1 aromatic rings. The van der Waals surface area contributed by atoms with Gasteiger partial charge in [0.1, 0.15) is 5.82 Å². The molecule has 2 rings (SSSR count). The molecule has 0 spiro atoms. The van der Waals surface area contributed by atoms with Crippen molar-refractivity contribution in [3.8, 4) is 0 Å². The fourth-order valence-corrected chi connectivity index (χ4v) is 3.99. The van der Waals surface area contributed by atoms with E-state index in [0.717, 1.165) is 0 Å². The second-order valence-electron chi connectivity index (χ2n) is 4.48. The summed E-state index contributed by atoms with van der Waals surface area (Å²) in [5.41, 5.74) is 5.85. The number of ether oxygens (including phenoxy) is 1.